The normalized spacial score (nSPS) is 17.3. The zero-order chi connectivity index (χ0) is 16.2. The lowest BCUT2D eigenvalue weighted by molar-refractivity contribution is -0.131. The lowest BCUT2D eigenvalue weighted by atomic mass is 10.3. The van der Waals surface area contributed by atoms with Gasteiger partial charge in [-0.2, -0.15) is 5.10 Å². The van der Waals surface area contributed by atoms with Crippen LogP contribution in [0.4, 0.5) is 0 Å². The van der Waals surface area contributed by atoms with E-state index in [-0.39, 0.29) is 24.1 Å². The van der Waals surface area contributed by atoms with Gasteiger partial charge in [-0.1, -0.05) is 0 Å². The third-order valence-electron chi connectivity index (χ3n) is 3.57. The highest BCUT2D eigenvalue weighted by molar-refractivity contribution is 9.10. The molecular weight excluding hydrogens is 364 g/mol. The van der Waals surface area contributed by atoms with Crippen molar-refractivity contribution in [2.24, 2.45) is 0 Å². The minimum Gasteiger partial charge on any atom is -0.472 e. The number of rotatable bonds is 4. The van der Waals surface area contributed by atoms with E-state index in [1.807, 2.05) is 12.1 Å². The molecule has 0 radical (unpaired) electrons. The molecule has 120 valence electrons. The highest BCUT2D eigenvalue weighted by atomic mass is 79.9. The summed E-state index contributed by atoms with van der Waals surface area (Å²) in [6.45, 7) is 1.01. The summed E-state index contributed by atoms with van der Waals surface area (Å²) in [5, 5.41) is 3.90. The zero-order valence-electron chi connectivity index (χ0n) is 12.3. The fraction of sp³-hybridized carbons (Fsp3) is 0.333. The van der Waals surface area contributed by atoms with Crippen molar-refractivity contribution in [1.29, 1.82) is 0 Å². The van der Waals surface area contributed by atoms with E-state index in [9.17, 15) is 9.59 Å². The number of pyridine rings is 1. The Labute approximate surface area is 141 Å². The first-order valence-electron chi connectivity index (χ1n) is 7.20. The van der Waals surface area contributed by atoms with Crippen LogP contribution in [-0.2, 0) is 11.3 Å². The predicted octanol–water partition coefficient (Wildman–Crippen LogP) is 1.08. The van der Waals surface area contributed by atoms with Crippen molar-refractivity contribution in [1.82, 2.24) is 19.7 Å². The summed E-state index contributed by atoms with van der Waals surface area (Å²) in [6, 6.07) is 6.60. The van der Waals surface area contributed by atoms with E-state index in [0.717, 1.165) is 15.6 Å². The first kappa shape index (κ1) is 15.7. The van der Waals surface area contributed by atoms with Crippen molar-refractivity contribution in [3.63, 3.8) is 0 Å². The van der Waals surface area contributed by atoms with Gasteiger partial charge in [-0.15, -0.1) is 0 Å². The summed E-state index contributed by atoms with van der Waals surface area (Å²) >= 11 is 3.39. The van der Waals surface area contributed by atoms with Crippen molar-refractivity contribution < 1.29 is 9.53 Å². The Bertz CT molecular complexity index is 764. The van der Waals surface area contributed by atoms with Gasteiger partial charge in [-0.3, -0.25) is 9.59 Å². The van der Waals surface area contributed by atoms with E-state index in [4.69, 9.17) is 4.74 Å². The number of ether oxygens (including phenoxy) is 1. The van der Waals surface area contributed by atoms with Gasteiger partial charge in [0.1, 0.15) is 12.6 Å². The number of likely N-dealkylation sites (tertiary alicyclic amines) is 1. The molecule has 1 saturated heterocycles. The molecule has 7 nitrogen and oxygen atoms in total. The Morgan fingerprint density at radius 3 is 2.96 bits per heavy atom. The number of amides is 1. The number of carbonyl (C=O) groups excluding carboxylic acids is 1. The van der Waals surface area contributed by atoms with Gasteiger partial charge in [0.25, 0.3) is 5.56 Å². The van der Waals surface area contributed by atoms with E-state index < -0.39 is 0 Å². The molecule has 0 aliphatic carbocycles. The molecule has 2 aromatic heterocycles. The van der Waals surface area contributed by atoms with E-state index in [0.29, 0.717) is 19.0 Å². The molecule has 0 N–H and O–H groups in total. The Hall–Kier alpha value is -2.22. The summed E-state index contributed by atoms with van der Waals surface area (Å²) in [7, 11) is 0. The monoisotopic (exact) mass is 378 g/mol. The molecule has 1 fully saturated rings. The first-order chi connectivity index (χ1) is 11.1. The molecule has 3 heterocycles. The number of aromatic nitrogens is 3. The molecule has 2 aromatic rings. The summed E-state index contributed by atoms with van der Waals surface area (Å²) in [5.74, 6) is 0.379. The molecule has 1 aliphatic rings. The first-order valence-corrected chi connectivity index (χ1v) is 8.00. The number of hydrogen-bond donors (Lipinski definition) is 0. The molecule has 1 atom stereocenters. The number of halogens is 1. The standard InChI is InChI=1S/C15H15BrN4O3/c16-12-3-1-6-17-15(12)23-11-5-8-19(9-11)14(22)10-20-13(21)4-2-7-18-20/h1-4,6-7,11H,5,8-10H2. The molecule has 0 aromatic carbocycles. The summed E-state index contributed by atoms with van der Waals surface area (Å²) in [4.78, 5) is 29.7. The fourth-order valence-electron chi connectivity index (χ4n) is 2.40. The van der Waals surface area contributed by atoms with Gasteiger partial charge in [0, 0.05) is 31.4 Å². The number of carbonyl (C=O) groups is 1. The second-order valence-corrected chi connectivity index (χ2v) is 6.03. The average molecular weight is 379 g/mol. The van der Waals surface area contributed by atoms with Crippen LogP contribution in [0.3, 0.4) is 0 Å². The van der Waals surface area contributed by atoms with Gasteiger partial charge >= 0.3 is 0 Å². The van der Waals surface area contributed by atoms with Crippen molar-refractivity contribution in [2.45, 2.75) is 19.1 Å². The van der Waals surface area contributed by atoms with Gasteiger partial charge < -0.3 is 9.64 Å². The SMILES string of the molecule is O=C(Cn1ncccc1=O)N1CCC(Oc2ncccc2Br)C1. The Morgan fingerprint density at radius 1 is 1.35 bits per heavy atom. The van der Waals surface area contributed by atoms with Gasteiger partial charge in [-0.25, -0.2) is 9.67 Å². The molecule has 8 heteroatoms. The van der Waals surface area contributed by atoms with Crippen molar-refractivity contribution in [2.75, 3.05) is 13.1 Å². The molecule has 1 amide bonds. The van der Waals surface area contributed by atoms with Crippen LogP contribution in [0.2, 0.25) is 0 Å². The smallest absolute Gasteiger partial charge is 0.267 e. The molecule has 0 spiro atoms. The van der Waals surface area contributed by atoms with Crippen molar-refractivity contribution in [3.05, 3.63) is 51.5 Å². The summed E-state index contributed by atoms with van der Waals surface area (Å²) < 4.78 is 7.77. The van der Waals surface area contributed by atoms with Crippen LogP contribution in [-0.4, -0.2) is 44.8 Å². The molecule has 23 heavy (non-hydrogen) atoms. The minimum atomic E-state index is -0.287. The minimum absolute atomic E-state index is 0.0559. The third kappa shape index (κ3) is 3.76. The maximum atomic E-state index is 12.3. The lowest BCUT2D eigenvalue weighted by Gasteiger charge is -2.17. The average Bonchev–Trinajstić information content (AvgIpc) is 3.01. The van der Waals surface area contributed by atoms with Crippen LogP contribution in [0.15, 0.2) is 45.9 Å². The Balaban J connectivity index is 1.59. The second-order valence-electron chi connectivity index (χ2n) is 5.18. The quantitative estimate of drug-likeness (QED) is 0.795. The largest absolute Gasteiger partial charge is 0.472 e. The van der Waals surface area contributed by atoms with Gasteiger partial charge in [0.2, 0.25) is 11.8 Å². The molecule has 1 unspecified atom stereocenters. The second kappa shape index (κ2) is 6.91. The topological polar surface area (TPSA) is 77.3 Å². The maximum absolute atomic E-state index is 12.3. The van der Waals surface area contributed by atoms with Gasteiger partial charge in [0.05, 0.1) is 11.0 Å². The highest BCUT2D eigenvalue weighted by Crippen LogP contribution is 2.24. The van der Waals surface area contributed by atoms with E-state index in [2.05, 4.69) is 26.0 Å². The van der Waals surface area contributed by atoms with Crippen LogP contribution >= 0.6 is 15.9 Å². The van der Waals surface area contributed by atoms with Crippen LogP contribution < -0.4 is 10.3 Å². The van der Waals surface area contributed by atoms with Crippen LogP contribution in [0.1, 0.15) is 6.42 Å². The van der Waals surface area contributed by atoms with Crippen LogP contribution in [0.25, 0.3) is 0 Å². The van der Waals surface area contributed by atoms with Crippen LogP contribution in [0, 0.1) is 0 Å². The van der Waals surface area contributed by atoms with Crippen molar-refractivity contribution in [3.8, 4) is 5.88 Å². The van der Waals surface area contributed by atoms with Gasteiger partial charge in [0.15, 0.2) is 0 Å². The molecular formula is C15H15BrN4O3. The van der Waals surface area contributed by atoms with E-state index in [1.54, 1.807) is 17.2 Å². The van der Waals surface area contributed by atoms with Crippen LogP contribution in [0.5, 0.6) is 5.88 Å². The maximum Gasteiger partial charge on any atom is 0.267 e. The zero-order valence-corrected chi connectivity index (χ0v) is 13.8. The molecule has 0 saturated carbocycles. The molecule has 0 bridgehead atoms. The Kier molecular flexibility index (Phi) is 4.71. The lowest BCUT2D eigenvalue weighted by Crippen LogP contribution is -2.36. The highest BCUT2D eigenvalue weighted by Gasteiger charge is 2.28. The number of hydrogen-bond acceptors (Lipinski definition) is 5. The van der Waals surface area contributed by atoms with Gasteiger partial charge in [-0.05, 0) is 34.1 Å². The van der Waals surface area contributed by atoms with E-state index in [1.165, 1.54) is 12.3 Å². The summed E-state index contributed by atoms with van der Waals surface area (Å²) in [5.41, 5.74) is -0.287. The number of nitrogens with zero attached hydrogens (tertiary/aromatic N) is 4. The van der Waals surface area contributed by atoms with E-state index >= 15 is 0 Å². The third-order valence-corrected chi connectivity index (χ3v) is 4.17. The fourth-order valence-corrected chi connectivity index (χ4v) is 2.75. The van der Waals surface area contributed by atoms with Crippen molar-refractivity contribution >= 4 is 21.8 Å². The summed E-state index contributed by atoms with van der Waals surface area (Å²) in [6.07, 6.45) is 3.77. The molecule has 1 aliphatic heterocycles. The predicted molar refractivity (Wildman–Crippen MR) is 86.0 cm³/mol. The molecule has 3 rings (SSSR count). The Morgan fingerprint density at radius 2 is 2.17 bits per heavy atom.